The van der Waals surface area contributed by atoms with E-state index >= 15 is 0 Å². The molecule has 2 aromatic carbocycles. The molecule has 9 nitrogen and oxygen atoms in total. The van der Waals surface area contributed by atoms with E-state index in [1.54, 1.807) is 24.3 Å². The average molecular weight is 419 g/mol. The molecule has 2 aromatic rings. The van der Waals surface area contributed by atoms with Crippen LogP contribution in [0.25, 0.3) is 0 Å². The van der Waals surface area contributed by atoms with Crippen LogP contribution >= 0.6 is 0 Å². The van der Waals surface area contributed by atoms with Gasteiger partial charge in [0.15, 0.2) is 6.10 Å². The van der Waals surface area contributed by atoms with Crippen molar-refractivity contribution in [2.45, 2.75) is 24.8 Å². The first kappa shape index (κ1) is 21.9. The Morgan fingerprint density at radius 3 is 2.10 bits per heavy atom. The predicted molar refractivity (Wildman–Crippen MR) is 106 cm³/mol. The number of urea groups is 1. The summed E-state index contributed by atoms with van der Waals surface area (Å²) in [6.45, 7) is 3.19. The molecular formula is C19H21N3O6S. The van der Waals surface area contributed by atoms with E-state index in [-0.39, 0.29) is 10.5 Å². The number of ether oxygens (including phenoxy) is 1. The van der Waals surface area contributed by atoms with Crippen LogP contribution in [0.2, 0.25) is 0 Å². The molecule has 0 saturated carbocycles. The number of benzene rings is 2. The molecule has 29 heavy (non-hydrogen) atoms. The molecule has 2 rings (SSSR count). The number of hydrogen-bond acceptors (Lipinski definition) is 6. The van der Waals surface area contributed by atoms with Gasteiger partial charge < -0.3 is 10.1 Å². The number of rotatable bonds is 6. The Kier molecular flexibility index (Phi) is 6.94. The first-order chi connectivity index (χ1) is 13.6. The van der Waals surface area contributed by atoms with Crippen LogP contribution in [0.4, 0.5) is 10.5 Å². The fourth-order valence-corrected chi connectivity index (χ4v) is 3.22. The largest absolute Gasteiger partial charge is 0.449 e. The van der Waals surface area contributed by atoms with Gasteiger partial charge in [-0.05, 0) is 50.2 Å². The first-order valence-electron chi connectivity index (χ1n) is 8.55. The van der Waals surface area contributed by atoms with Crippen LogP contribution < -0.4 is 15.4 Å². The minimum absolute atomic E-state index is 0.0416. The van der Waals surface area contributed by atoms with Gasteiger partial charge in [-0.25, -0.2) is 18.0 Å². The third-order valence-electron chi connectivity index (χ3n) is 3.82. The maximum Gasteiger partial charge on any atom is 0.338 e. The van der Waals surface area contributed by atoms with Gasteiger partial charge in [0.2, 0.25) is 0 Å². The predicted octanol–water partition coefficient (Wildman–Crippen LogP) is 1.80. The number of amides is 3. The summed E-state index contributed by atoms with van der Waals surface area (Å²) in [5.41, 5.74) is 1.46. The minimum Gasteiger partial charge on any atom is -0.449 e. The highest BCUT2D eigenvalue weighted by molar-refractivity contribution is 7.92. The van der Waals surface area contributed by atoms with Gasteiger partial charge in [0, 0.05) is 12.7 Å². The summed E-state index contributed by atoms with van der Waals surface area (Å²) in [6, 6.07) is 11.2. The highest BCUT2D eigenvalue weighted by atomic mass is 32.2. The summed E-state index contributed by atoms with van der Waals surface area (Å²) in [5, 5.41) is 4.19. The molecule has 3 N–H and O–H groups in total. The van der Waals surface area contributed by atoms with E-state index in [1.807, 2.05) is 12.2 Å². The van der Waals surface area contributed by atoms with E-state index in [0.717, 1.165) is 5.56 Å². The molecule has 0 bridgehead atoms. The van der Waals surface area contributed by atoms with Crippen LogP contribution in [0.3, 0.4) is 0 Å². The molecule has 0 radical (unpaired) electrons. The second-order valence-corrected chi connectivity index (χ2v) is 7.79. The molecule has 0 aliphatic heterocycles. The topological polar surface area (TPSA) is 131 Å². The molecule has 0 aliphatic carbocycles. The van der Waals surface area contributed by atoms with Gasteiger partial charge in [0.25, 0.3) is 15.9 Å². The number of nitrogens with one attached hydrogen (secondary N) is 3. The van der Waals surface area contributed by atoms with Crippen molar-refractivity contribution in [1.82, 2.24) is 10.6 Å². The summed E-state index contributed by atoms with van der Waals surface area (Å²) in [7, 11) is -2.50. The minimum atomic E-state index is -3.83. The monoisotopic (exact) mass is 419 g/mol. The molecule has 0 aromatic heterocycles. The Morgan fingerprint density at radius 2 is 1.55 bits per heavy atom. The van der Waals surface area contributed by atoms with E-state index in [9.17, 15) is 22.8 Å². The zero-order valence-corrected chi connectivity index (χ0v) is 16.9. The molecule has 0 spiro atoms. The van der Waals surface area contributed by atoms with Crippen LogP contribution in [0.1, 0.15) is 22.8 Å². The Morgan fingerprint density at radius 1 is 0.966 bits per heavy atom. The SMILES string of the molecule is CNC(=O)NC(=O)[C@@H](C)OC(=O)c1ccc(S(=O)(=O)Nc2ccc(C)cc2)cc1. The Labute approximate surface area is 168 Å². The summed E-state index contributed by atoms with van der Waals surface area (Å²) < 4.78 is 32.3. The fraction of sp³-hybridized carbons (Fsp3) is 0.211. The summed E-state index contributed by atoms with van der Waals surface area (Å²) in [6.07, 6.45) is -1.22. The van der Waals surface area contributed by atoms with Crippen molar-refractivity contribution in [3.63, 3.8) is 0 Å². The van der Waals surface area contributed by atoms with E-state index in [1.165, 1.54) is 38.2 Å². The zero-order valence-electron chi connectivity index (χ0n) is 16.1. The van der Waals surface area contributed by atoms with Crippen molar-refractivity contribution in [2.75, 3.05) is 11.8 Å². The van der Waals surface area contributed by atoms with Crippen LogP contribution in [-0.2, 0) is 19.6 Å². The van der Waals surface area contributed by atoms with Gasteiger partial charge in [-0.2, -0.15) is 0 Å². The average Bonchev–Trinajstić information content (AvgIpc) is 2.69. The Balaban J connectivity index is 2.04. The van der Waals surface area contributed by atoms with E-state index in [2.05, 4.69) is 10.0 Å². The number of hydrogen-bond donors (Lipinski definition) is 3. The van der Waals surface area contributed by atoms with Gasteiger partial charge >= 0.3 is 12.0 Å². The molecule has 0 fully saturated rings. The third-order valence-corrected chi connectivity index (χ3v) is 5.22. The standard InChI is InChI=1S/C19H21N3O6S/c1-12-4-8-15(9-5-12)22-29(26,27)16-10-6-14(7-11-16)18(24)28-13(2)17(23)21-19(25)20-3/h4-11,13,22H,1-3H3,(H2,20,21,23,25)/t13-/m1/s1. The number of aryl methyl sites for hydroxylation is 1. The second-order valence-electron chi connectivity index (χ2n) is 6.11. The maximum atomic E-state index is 12.4. The first-order valence-corrected chi connectivity index (χ1v) is 10.0. The normalized spacial score (nSPS) is 11.8. The Bertz CT molecular complexity index is 1000. The lowest BCUT2D eigenvalue weighted by molar-refractivity contribution is -0.127. The van der Waals surface area contributed by atoms with E-state index in [4.69, 9.17) is 4.74 Å². The molecule has 1 atom stereocenters. The van der Waals surface area contributed by atoms with Crippen LogP contribution in [0, 0.1) is 6.92 Å². The van der Waals surface area contributed by atoms with Crippen molar-refractivity contribution in [3.05, 3.63) is 59.7 Å². The van der Waals surface area contributed by atoms with E-state index in [0.29, 0.717) is 5.69 Å². The van der Waals surface area contributed by atoms with Crippen LogP contribution in [0.5, 0.6) is 0 Å². The molecule has 0 saturated heterocycles. The van der Waals surface area contributed by atoms with Gasteiger partial charge in [-0.3, -0.25) is 14.8 Å². The summed E-state index contributed by atoms with van der Waals surface area (Å²) in [5.74, 6) is -1.63. The zero-order chi connectivity index (χ0) is 21.6. The van der Waals surface area contributed by atoms with Gasteiger partial charge in [0.1, 0.15) is 0 Å². The van der Waals surface area contributed by atoms with Crippen molar-refractivity contribution < 1.29 is 27.5 Å². The van der Waals surface area contributed by atoms with Crippen molar-refractivity contribution in [2.24, 2.45) is 0 Å². The van der Waals surface area contributed by atoms with Gasteiger partial charge in [0.05, 0.1) is 10.5 Å². The number of imide groups is 1. The lowest BCUT2D eigenvalue weighted by Gasteiger charge is -2.13. The highest BCUT2D eigenvalue weighted by Gasteiger charge is 2.21. The number of carbonyl (C=O) groups excluding carboxylic acids is 3. The van der Waals surface area contributed by atoms with Gasteiger partial charge in [-0.15, -0.1) is 0 Å². The Hall–Kier alpha value is -3.40. The molecular weight excluding hydrogens is 398 g/mol. The summed E-state index contributed by atoms with van der Waals surface area (Å²) in [4.78, 5) is 34.9. The number of esters is 1. The van der Waals surface area contributed by atoms with Crippen molar-refractivity contribution in [3.8, 4) is 0 Å². The summed E-state index contributed by atoms with van der Waals surface area (Å²) >= 11 is 0. The fourth-order valence-electron chi connectivity index (χ4n) is 2.16. The maximum absolute atomic E-state index is 12.4. The highest BCUT2D eigenvalue weighted by Crippen LogP contribution is 2.17. The number of anilines is 1. The van der Waals surface area contributed by atoms with Crippen molar-refractivity contribution in [1.29, 1.82) is 0 Å². The van der Waals surface area contributed by atoms with Crippen LogP contribution in [0.15, 0.2) is 53.4 Å². The quantitative estimate of drug-likeness (QED) is 0.612. The molecule has 10 heteroatoms. The molecule has 0 heterocycles. The molecule has 0 unspecified atom stereocenters. The number of sulfonamides is 1. The smallest absolute Gasteiger partial charge is 0.338 e. The van der Waals surface area contributed by atoms with E-state index < -0.39 is 34.0 Å². The molecule has 3 amide bonds. The molecule has 0 aliphatic rings. The lowest BCUT2D eigenvalue weighted by atomic mass is 10.2. The third kappa shape index (κ3) is 6.04. The lowest BCUT2D eigenvalue weighted by Crippen LogP contribution is -2.43. The van der Waals surface area contributed by atoms with Crippen molar-refractivity contribution >= 4 is 33.6 Å². The number of carbonyl (C=O) groups is 3. The van der Waals surface area contributed by atoms with Crippen LogP contribution in [-0.4, -0.2) is 39.5 Å². The second kappa shape index (κ2) is 9.20. The molecule has 154 valence electrons. The van der Waals surface area contributed by atoms with Gasteiger partial charge in [-0.1, -0.05) is 17.7 Å².